The zero-order valence-corrected chi connectivity index (χ0v) is 21.4. The van der Waals surface area contributed by atoms with Gasteiger partial charge < -0.3 is 19.9 Å². The Bertz CT molecular complexity index is 1470. The normalized spacial score (nSPS) is 13.2. The zero-order valence-electron chi connectivity index (χ0n) is 21.4. The molecule has 2 amide bonds. The Balaban J connectivity index is 1.27. The number of benzene rings is 1. The first-order valence-corrected chi connectivity index (χ1v) is 12.5. The van der Waals surface area contributed by atoms with E-state index in [4.69, 9.17) is 9.72 Å². The Kier molecular flexibility index (Phi) is 7.30. The number of hydrogen-bond acceptors (Lipinski definition) is 7. The first kappa shape index (κ1) is 24.9. The lowest BCUT2D eigenvalue weighted by atomic mass is 10.0. The summed E-state index contributed by atoms with van der Waals surface area (Å²) >= 11 is 0. The summed E-state index contributed by atoms with van der Waals surface area (Å²) in [6.45, 7) is 3.69. The van der Waals surface area contributed by atoms with Gasteiger partial charge in [0.15, 0.2) is 5.65 Å². The molecule has 1 aliphatic rings. The number of rotatable bonds is 7. The Hall–Kier alpha value is -4.73. The van der Waals surface area contributed by atoms with Gasteiger partial charge in [-0.25, -0.2) is 9.31 Å². The highest BCUT2D eigenvalue weighted by atomic mass is 16.6. The van der Waals surface area contributed by atoms with E-state index < -0.39 is 0 Å². The Labute approximate surface area is 220 Å². The Morgan fingerprint density at radius 3 is 2.66 bits per heavy atom. The summed E-state index contributed by atoms with van der Waals surface area (Å²) in [7, 11) is 1.76. The minimum atomic E-state index is -0.289. The van der Waals surface area contributed by atoms with Gasteiger partial charge in [0, 0.05) is 49.3 Å². The second kappa shape index (κ2) is 11.1. The molecule has 10 nitrogen and oxygen atoms in total. The van der Waals surface area contributed by atoms with Crippen LogP contribution in [0.25, 0.3) is 11.2 Å². The number of carbonyl (C=O) groups is 2. The fourth-order valence-electron chi connectivity index (χ4n) is 4.36. The first-order valence-electron chi connectivity index (χ1n) is 12.5. The number of aromatic nitrogens is 4. The number of nitrogens with one attached hydrogen (secondary N) is 1. The minimum absolute atomic E-state index is 0.0834. The molecule has 194 valence electrons. The fraction of sp³-hybridized carbons (Fsp3) is 0.250. The number of anilines is 2. The van der Waals surface area contributed by atoms with Crippen molar-refractivity contribution in [3.63, 3.8) is 0 Å². The van der Waals surface area contributed by atoms with Gasteiger partial charge in [-0.1, -0.05) is 12.1 Å². The Morgan fingerprint density at radius 2 is 1.95 bits per heavy atom. The molecule has 4 heterocycles. The number of pyridine rings is 2. The molecule has 1 N–H and O–H groups in total. The van der Waals surface area contributed by atoms with Gasteiger partial charge in [0.2, 0.25) is 5.95 Å². The molecule has 0 saturated heterocycles. The third-order valence-electron chi connectivity index (χ3n) is 6.30. The molecule has 0 radical (unpaired) electrons. The summed E-state index contributed by atoms with van der Waals surface area (Å²) in [5, 5.41) is 7.79. The maximum Gasteiger partial charge on any atom is 0.410 e. The van der Waals surface area contributed by atoms with Crippen molar-refractivity contribution in [2.24, 2.45) is 0 Å². The fourth-order valence-corrected chi connectivity index (χ4v) is 4.36. The summed E-state index contributed by atoms with van der Waals surface area (Å²) in [5.74, 6) is 0.369. The van der Waals surface area contributed by atoms with E-state index in [1.165, 1.54) is 0 Å². The van der Waals surface area contributed by atoms with E-state index in [0.29, 0.717) is 44.2 Å². The summed E-state index contributed by atoms with van der Waals surface area (Å²) in [6.07, 6.45) is 6.03. The largest absolute Gasteiger partial charge is 0.450 e. The number of nitrogens with zero attached hydrogens (tertiary/aromatic N) is 6. The average Bonchev–Trinajstić information content (AvgIpc) is 3.36. The molecule has 10 heteroatoms. The lowest BCUT2D eigenvalue weighted by molar-refractivity contribution is 0.0783. The summed E-state index contributed by atoms with van der Waals surface area (Å²) < 4.78 is 6.84. The van der Waals surface area contributed by atoms with Crippen LogP contribution in [0.4, 0.5) is 16.4 Å². The third kappa shape index (κ3) is 5.49. The molecular weight excluding hydrogens is 482 g/mol. The molecule has 4 aromatic rings. The van der Waals surface area contributed by atoms with Crippen molar-refractivity contribution < 1.29 is 14.3 Å². The van der Waals surface area contributed by atoms with Crippen LogP contribution in [0, 0.1) is 0 Å². The molecule has 0 bridgehead atoms. The zero-order chi connectivity index (χ0) is 26.5. The standard InChI is InChI=1S/C28H29N7O3/c1-3-38-28(37)34-17-13-20(14-18-34)24-8-6-16-35-25(24)31-27(32-35)30-22-11-9-21(10-12-22)26(36)33(2)19-23-7-4-5-15-29-23/h4-13,15-16H,3,14,17-19H2,1-2H3,(H,30,32). The van der Waals surface area contributed by atoms with Crippen molar-refractivity contribution in [3.8, 4) is 0 Å². The lowest BCUT2D eigenvalue weighted by Crippen LogP contribution is -2.35. The van der Waals surface area contributed by atoms with Crippen LogP contribution < -0.4 is 5.32 Å². The molecular formula is C28H29N7O3. The van der Waals surface area contributed by atoms with E-state index in [-0.39, 0.29) is 12.0 Å². The van der Waals surface area contributed by atoms with Crippen LogP contribution in [0.15, 0.2) is 73.1 Å². The molecule has 0 atom stereocenters. The van der Waals surface area contributed by atoms with Crippen LogP contribution in [-0.4, -0.2) is 68.1 Å². The maximum absolute atomic E-state index is 12.8. The molecule has 0 aliphatic carbocycles. The van der Waals surface area contributed by atoms with Crippen molar-refractivity contribution in [1.29, 1.82) is 0 Å². The van der Waals surface area contributed by atoms with Gasteiger partial charge in [0.1, 0.15) is 0 Å². The van der Waals surface area contributed by atoms with Crippen molar-refractivity contribution in [2.45, 2.75) is 19.9 Å². The molecule has 0 fully saturated rings. The molecule has 3 aromatic heterocycles. The molecule has 0 unspecified atom stereocenters. The number of amides is 2. The van der Waals surface area contributed by atoms with E-state index in [0.717, 1.165) is 28.2 Å². The number of carbonyl (C=O) groups excluding carboxylic acids is 2. The SMILES string of the molecule is CCOC(=O)N1CC=C(c2cccn3nc(Nc4ccc(C(=O)N(C)Cc5ccccn5)cc4)nc23)CC1. The molecule has 38 heavy (non-hydrogen) atoms. The molecule has 5 rings (SSSR count). The van der Waals surface area contributed by atoms with Gasteiger partial charge in [-0.3, -0.25) is 9.78 Å². The van der Waals surface area contributed by atoms with Crippen LogP contribution in [0.5, 0.6) is 0 Å². The summed E-state index contributed by atoms with van der Waals surface area (Å²) in [6, 6.07) is 16.8. The van der Waals surface area contributed by atoms with E-state index in [2.05, 4.69) is 15.4 Å². The highest BCUT2D eigenvalue weighted by Crippen LogP contribution is 2.27. The highest BCUT2D eigenvalue weighted by Gasteiger charge is 2.21. The van der Waals surface area contributed by atoms with Gasteiger partial charge >= 0.3 is 6.09 Å². The third-order valence-corrected chi connectivity index (χ3v) is 6.30. The smallest absolute Gasteiger partial charge is 0.410 e. The van der Waals surface area contributed by atoms with Crippen LogP contribution in [0.1, 0.15) is 35.0 Å². The van der Waals surface area contributed by atoms with E-state index in [1.807, 2.05) is 54.7 Å². The van der Waals surface area contributed by atoms with Gasteiger partial charge in [0.25, 0.3) is 5.91 Å². The number of ether oxygens (including phenoxy) is 1. The predicted molar refractivity (Wildman–Crippen MR) is 144 cm³/mol. The summed E-state index contributed by atoms with van der Waals surface area (Å²) in [4.78, 5) is 37.2. The molecule has 0 saturated carbocycles. The van der Waals surface area contributed by atoms with E-state index >= 15 is 0 Å². The molecule has 1 aliphatic heterocycles. The molecule has 1 aromatic carbocycles. The summed E-state index contributed by atoms with van der Waals surface area (Å²) in [5.41, 5.74) is 5.02. The van der Waals surface area contributed by atoms with Gasteiger partial charge in [0.05, 0.1) is 18.8 Å². The Morgan fingerprint density at radius 1 is 1.11 bits per heavy atom. The highest BCUT2D eigenvalue weighted by molar-refractivity contribution is 5.94. The number of fused-ring (bicyclic) bond motifs is 1. The minimum Gasteiger partial charge on any atom is -0.450 e. The first-order chi connectivity index (χ1) is 18.5. The van der Waals surface area contributed by atoms with Crippen LogP contribution in [0.2, 0.25) is 0 Å². The average molecular weight is 512 g/mol. The second-order valence-electron chi connectivity index (χ2n) is 8.93. The van der Waals surface area contributed by atoms with E-state index in [1.54, 1.807) is 46.6 Å². The van der Waals surface area contributed by atoms with Crippen LogP contribution in [0.3, 0.4) is 0 Å². The van der Waals surface area contributed by atoms with Crippen LogP contribution >= 0.6 is 0 Å². The lowest BCUT2D eigenvalue weighted by Gasteiger charge is -2.25. The van der Waals surface area contributed by atoms with Crippen molar-refractivity contribution in [1.82, 2.24) is 29.4 Å². The molecule has 0 spiro atoms. The topological polar surface area (TPSA) is 105 Å². The van der Waals surface area contributed by atoms with Crippen LogP contribution in [-0.2, 0) is 11.3 Å². The number of hydrogen-bond donors (Lipinski definition) is 1. The second-order valence-corrected chi connectivity index (χ2v) is 8.93. The predicted octanol–water partition coefficient (Wildman–Crippen LogP) is 4.39. The van der Waals surface area contributed by atoms with Gasteiger partial charge in [-0.15, -0.1) is 5.10 Å². The van der Waals surface area contributed by atoms with Crippen molar-refractivity contribution in [3.05, 3.63) is 89.9 Å². The maximum atomic E-state index is 12.8. The van der Waals surface area contributed by atoms with Gasteiger partial charge in [-0.2, -0.15) is 4.98 Å². The van der Waals surface area contributed by atoms with E-state index in [9.17, 15) is 9.59 Å². The van der Waals surface area contributed by atoms with Crippen molar-refractivity contribution in [2.75, 3.05) is 32.1 Å². The van der Waals surface area contributed by atoms with Gasteiger partial charge in [-0.05, 0) is 67.4 Å². The van der Waals surface area contributed by atoms with Crippen molar-refractivity contribution >= 4 is 34.9 Å². The monoisotopic (exact) mass is 511 g/mol. The quantitative estimate of drug-likeness (QED) is 0.392.